The fourth-order valence-electron chi connectivity index (χ4n) is 3.82. The highest BCUT2D eigenvalue weighted by Crippen LogP contribution is 2.43. The summed E-state index contributed by atoms with van der Waals surface area (Å²) in [4.78, 5) is 14.5. The molecule has 0 aromatic carbocycles. The maximum atomic E-state index is 12.4. The summed E-state index contributed by atoms with van der Waals surface area (Å²) >= 11 is 19.1. The van der Waals surface area contributed by atoms with E-state index in [1.165, 1.54) is 31.4 Å². The van der Waals surface area contributed by atoms with Crippen LogP contribution in [0.2, 0.25) is 0 Å². The highest BCUT2D eigenvalue weighted by atomic mass is 35.6. The van der Waals surface area contributed by atoms with E-state index >= 15 is 0 Å². The van der Waals surface area contributed by atoms with Gasteiger partial charge >= 0.3 is 5.97 Å². The van der Waals surface area contributed by atoms with Gasteiger partial charge in [-0.05, 0) is 50.3 Å². The van der Waals surface area contributed by atoms with Crippen LogP contribution in [0.5, 0.6) is 0 Å². The van der Waals surface area contributed by atoms with Crippen molar-refractivity contribution in [3.05, 3.63) is 0 Å². The van der Waals surface area contributed by atoms with Crippen molar-refractivity contribution in [2.24, 2.45) is 11.8 Å². The Balaban J connectivity index is 1.97. The van der Waals surface area contributed by atoms with E-state index in [0.29, 0.717) is 17.1 Å². The van der Waals surface area contributed by atoms with Gasteiger partial charge in [-0.15, -0.1) is 0 Å². The Kier molecular flexibility index (Phi) is 7.68. The summed E-state index contributed by atoms with van der Waals surface area (Å²) in [5.41, 5.74) is 0. The number of hydrogen-bond donors (Lipinski definition) is 0. The lowest BCUT2D eigenvalue weighted by Gasteiger charge is -2.47. The maximum Gasteiger partial charge on any atom is 0.323 e. The van der Waals surface area contributed by atoms with E-state index in [4.69, 9.17) is 39.5 Å². The molecule has 1 aliphatic carbocycles. The molecule has 23 heavy (non-hydrogen) atoms. The molecule has 3 nitrogen and oxygen atoms in total. The van der Waals surface area contributed by atoms with Crippen molar-refractivity contribution < 1.29 is 9.53 Å². The van der Waals surface area contributed by atoms with E-state index in [0.717, 1.165) is 13.0 Å². The van der Waals surface area contributed by atoms with E-state index in [1.807, 2.05) is 7.05 Å². The molecule has 0 N–H and O–H groups in total. The minimum atomic E-state index is -1.55. The first kappa shape index (κ1) is 20.0. The number of rotatable bonds is 5. The summed E-state index contributed by atoms with van der Waals surface area (Å²) in [6.07, 6.45) is 5.91. The molecule has 1 saturated carbocycles. The zero-order valence-electron chi connectivity index (χ0n) is 13.8. The minimum Gasteiger partial charge on any atom is -0.460 e. The molecule has 4 atom stereocenters. The van der Waals surface area contributed by atoms with E-state index in [1.54, 1.807) is 0 Å². The van der Waals surface area contributed by atoms with Crippen molar-refractivity contribution in [3.8, 4) is 0 Å². The first-order chi connectivity index (χ1) is 10.8. The third kappa shape index (κ3) is 5.85. The number of nitrogens with zero attached hydrogens (tertiary/aromatic N) is 1. The van der Waals surface area contributed by atoms with Gasteiger partial charge in [0, 0.05) is 11.8 Å². The standard InChI is InChI=1S/C16H26Cl3NO2S/c1-3-7-23-14-6-4-5-11-9-20(2)13(8-12(11)14)15(21)22-10-16(17,18)19/h11-14H,3-10H2,1-2H3/t11-,12+,13+,14-/m1/s1. The van der Waals surface area contributed by atoms with E-state index in [2.05, 4.69) is 23.6 Å². The molecule has 1 heterocycles. The molecule has 0 bridgehead atoms. The first-order valence-electron chi connectivity index (χ1n) is 8.37. The molecule has 1 saturated heterocycles. The van der Waals surface area contributed by atoms with Gasteiger partial charge in [0.25, 0.3) is 0 Å². The van der Waals surface area contributed by atoms with Crippen molar-refractivity contribution in [1.82, 2.24) is 4.90 Å². The molecular weight excluding hydrogens is 377 g/mol. The van der Waals surface area contributed by atoms with Crippen LogP contribution in [0, 0.1) is 11.8 Å². The Bertz CT molecular complexity index is 405. The average molecular weight is 403 g/mol. The van der Waals surface area contributed by atoms with Gasteiger partial charge in [-0.3, -0.25) is 9.69 Å². The summed E-state index contributed by atoms with van der Waals surface area (Å²) in [5.74, 6) is 2.23. The van der Waals surface area contributed by atoms with Crippen LogP contribution in [0.3, 0.4) is 0 Å². The number of carbonyl (C=O) groups excluding carboxylic acids is 1. The van der Waals surface area contributed by atoms with Gasteiger partial charge in [-0.2, -0.15) is 11.8 Å². The molecule has 7 heteroatoms. The third-order valence-corrected chi connectivity index (χ3v) is 6.87. The van der Waals surface area contributed by atoms with Crippen molar-refractivity contribution in [2.45, 2.75) is 54.1 Å². The van der Waals surface area contributed by atoms with Crippen LogP contribution in [0.15, 0.2) is 0 Å². The molecule has 134 valence electrons. The Morgan fingerprint density at radius 2 is 2.09 bits per heavy atom. The number of hydrogen-bond acceptors (Lipinski definition) is 4. The SMILES string of the molecule is CCCS[C@@H]1CCC[C@@H]2CN(C)[C@H](C(=O)OCC(Cl)(Cl)Cl)C[C@@H]21. The predicted octanol–water partition coefficient (Wildman–Crippen LogP) is 4.53. The summed E-state index contributed by atoms with van der Waals surface area (Å²) in [5, 5.41) is 0.672. The number of carbonyl (C=O) groups is 1. The van der Waals surface area contributed by atoms with Crippen LogP contribution < -0.4 is 0 Å². The Morgan fingerprint density at radius 3 is 2.74 bits per heavy atom. The highest BCUT2D eigenvalue weighted by molar-refractivity contribution is 7.99. The van der Waals surface area contributed by atoms with E-state index < -0.39 is 3.79 Å². The van der Waals surface area contributed by atoms with Crippen LogP contribution in [0.4, 0.5) is 0 Å². The first-order valence-corrected chi connectivity index (χ1v) is 10.5. The number of likely N-dealkylation sites (tertiary alicyclic amines) is 1. The third-order valence-electron chi connectivity index (χ3n) is 4.88. The quantitative estimate of drug-likeness (QED) is 0.499. The molecule has 0 radical (unpaired) electrons. The fourth-order valence-corrected chi connectivity index (χ4v) is 5.44. The van der Waals surface area contributed by atoms with Gasteiger partial charge in [0.1, 0.15) is 12.6 Å². The molecule has 0 aromatic rings. The normalized spacial score (nSPS) is 32.4. The van der Waals surface area contributed by atoms with Gasteiger partial charge in [-0.1, -0.05) is 48.1 Å². The van der Waals surface area contributed by atoms with Crippen molar-refractivity contribution in [2.75, 3.05) is 26.0 Å². The zero-order valence-corrected chi connectivity index (χ0v) is 16.9. The summed E-state index contributed by atoms with van der Waals surface area (Å²) < 4.78 is 3.68. The second-order valence-corrected chi connectivity index (χ2v) is 10.5. The fraction of sp³-hybridized carbons (Fsp3) is 0.938. The molecule has 2 fully saturated rings. The number of ether oxygens (including phenoxy) is 1. The molecule has 1 aliphatic heterocycles. The molecule has 2 aliphatic rings. The monoisotopic (exact) mass is 401 g/mol. The summed E-state index contributed by atoms with van der Waals surface area (Å²) in [7, 11) is 2.00. The van der Waals surface area contributed by atoms with Crippen LogP contribution in [-0.4, -0.2) is 51.9 Å². The van der Waals surface area contributed by atoms with Crippen LogP contribution in [0.1, 0.15) is 39.0 Å². The van der Waals surface area contributed by atoms with Crippen molar-refractivity contribution >= 4 is 52.5 Å². The summed E-state index contributed by atoms with van der Waals surface area (Å²) in [6.45, 7) is 2.99. The second-order valence-electron chi connectivity index (χ2n) is 6.68. The number of esters is 1. The lowest BCUT2D eigenvalue weighted by molar-refractivity contribution is -0.152. The van der Waals surface area contributed by atoms with Crippen LogP contribution >= 0.6 is 46.6 Å². The maximum absolute atomic E-state index is 12.4. The summed E-state index contributed by atoms with van der Waals surface area (Å²) in [6, 6.07) is -0.216. The second kappa shape index (κ2) is 8.84. The van der Waals surface area contributed by atoms with Crippen molar-refractivity contribution in [3.63, 3.8) is 0 Å². The van der Waals surface area contributed by atoms with E-state index in [-0.39, 0.29) is 18.6 Å². The van der Waals surface area contributed by atoms with Gasteiger partial charge in [0.15, 0.2) is 0 Å². The number of thioether (sulfide) groups is 1. The van der Waals surface area contributed by atoms with Gasteiger partial charge in [0.05, 0.1) is 0 Å². The Morgan fingerprint density at radius 1 is 1.35 bits per heavy atom. The average Bonchev–Trinajstić information content (AvgIpc) is 2.49. The lowest BCUT2D eigenvalue weighted by Crippen LogP contribution is -2.53. The number of alkyl halides is 3. The van der Waals surface area contributed by atoms with E-state index in [9.17, 15) is 4.79 Å². The highest BCUT2D eigenvalue weighted by Gasteiger charge is 2.43. The molecule has 0 spiro atoms. The molecular formula is C16H26Cl3NO2S. The van der Waals surface area contributed by atoms with Gasteiger partial charge < -0.3 is 4.74 Å². The van der Waals surface area contributed by atoms with Gasteiger partial charge in [0.2, 0.25) is 3.79 Å². The van der Waals surface area contributed by atoms with Crippen molar-refractivity contribution in [1.29, 1.82) is 0 Å². The number of fused-ring (bicyclic) bond motifs is 1. The Hall–Kier alpha value is 0.650. The molecule has 2 rings (SSSR count). The molecule has 0 unspecified atom stereocenters. The van der Waals surface area contributed by atoms with Crippen LogP contribution in [-0.2, 0) is 9.53 Å². The molecule has 0 aromatic heterocycles. The minimum absolute atomic E-state index is 0.192. The number of likely N-dealkylation sites (N-methyl/N-ethyl adjacent to an activating group) is 1. The zero-order chi connectivity index (χ0) is 17.0. The lowest BCUT2D eigenvalue weighted by atomic mass is 9.72. The predicted molar refractivity (Wildman–Crippen MR) is 99.7 cm³/mol. The molecule has 0 amide bonds. The van der Waals surface area contributed by atoms with Crippen LogP contribution in [0.25, 0.3) is 0 Å². The smallest absolute Gasteiger partial charge is 0.323 e. The number of piperidine rings is 1. The number of halogens is 3. The van der Waals surface area contributed by atoms with Gasteiger partial charge in [-0.25, -0.2) is 0 Å². The topological polar surface area (TPSA) is 29.5 Å². The largest absolute Gasteiger partial charge is 0.460 e. The Labute approximate surface area is 158 Å².